The number of rotatable bonds is 1. The van der Waals surface area contributed by atoms with Crippen LogP contribution in [-0.2, 0) is 0 Å². The van der Waals surface area contributed by atoms with Crippen LogP contribution in [0, 0.1) is 6.92 Å². The van der Waals surface area contributed by atoms with Gasteiger partial charge in [0.1, 0.15) is 5.75 Å². The maximum atomic E-state index is 12.0. The first-order valence-electron chi connectivity index (χ1n) is 5.83. The number of pyridine rings is 1. The van der Waals surface area contributed by atoms with E-state index in [2.05, 4.69) is 4.98 Å². The first-order chi connectivity index (χ1) is 9.16. The second kappa shape index (κ2) is 4.24. The molecular formula is C15H11NO3. The molecule has 0 amide bonds. The Hall–Kier alpha value is -2.62. The fourth-order valence-corrected chi connectivity index (χ4v) is 2.08. The highest BCUT2D eigenvalue weighted by molar-refractivity contribution is 5.91. The van der Waals surface area contributed by atoms with Crippen LogP contribution in [0.5, 0.6) is 5.75 Å². The van der Waals surface area contributed by atoms with E-state index in [0.717, 1.165) is 16.7 Å². The summed E-state index contributed by atoms with van der Waals surface area (Å²) in [5.41, 5.74) is 2.54. The van der Waals surface area contributed by atoms with Gasteiger partial charge in [-0.15, -0.1) is 0 Å². The van der Waals surface area contributed by atoms with E-state index in [1.165, 1.54) is 12.3 Å². The van der Waals surface area contributed by atoms with Gasteiger partial charge in [0, 0.05) is 12.3 Å². The maximum absolute atomic E-state index is 12.0. The SMILES string of the molecule is Cc1cc(-c2ccnc3occc(=O)c23)ccc1O. The van der Waals surface area contributed by atoms with Gasteiger partial charge in [0.25, 0.3) is 0 Å². The Morgan fingerprint density at radius 3 is 2.84 bits per heavy atom. The van der Waals surface area contributed by atoms with E-state index in [4.69, 9.17) is 4.42 Å². The molecule has 0 atom stereocenters. The number of aromatic hydroxyl groups is 1. The molecule has 4 nitrogen and oxygen atoms in total. The van der Waals surface area contributed by atoms with Crippen LogP contribution in [0.4, 0.5) is 0 Å². The molecule has 2 heterocycles. The minimum atomic E-state index is -0.130. The van der Waals surface area contributed by atoms with Crippen LogP contribution >= 0.6 is 0 Å². The molecule has 94 valence electrons. The normalized spacial score (nSPS) is 10.8. The average molecular weight is 253 g/mol. The van der Waals surface area contributed by atoms with E-state index in [-0.39, 0.29) is 11.2 Å². The van der Waals surface area contributed by atoms with Gasteiger partial charge in [-0.2, -0.15) is 0 Å². The molecule has 0 radical (unpaired) electrons. The number of hydrogen-bond acceptors (Lipinski definition) is 4. The Morgan fingerprint density at radius 2 is 2.05 bits per heavy atom. The number of benzene rings is 1. The molecule has 0 aliphatic carbocycles. The number of phenols is 1. The van der Waals surface area contributed by atoms with Crippen molar-refractivity contribution in [3.63, 3.8) is 0 Å². The van der Waals surface area contributed by atoms with Crippen molar-refractivity contribution in [2.45, 2.75) is 6.92 Å². The molecule has 0 spiro atoms. The third-order valence-corrected chi connectivity index (χ3v) is 3.07. The number of nitrogens with zero attached hydrogens (tertiary/aromatic N) is 1. The molecule has 2 aromatic heterocycles. The van der Waals surface area contributed by atoms with E-state index in [9.17, 15) is 9.90 Å². The molecule has 19 heavy (non-hydrogen) atoms. The Balaban J connectivity index is 2.36. The molecule has 4 heteroatoms. The van der Waals surface area contributed by atoms with Gasteiger partial charge >= 0.3 is 0 Å². The van der Waals surface area contributed by atoms with Crippen LogP contribution in [0.1, 0.15) is 5.56 Å². The predicted molar refractivity (Wildman–Crippen MR) is 72.1 cm³/mol. The fourth-order valence-electron chi connectivity index (χ4n) is 2.08. The molecule has 1 aromatic carbocycles. The second-order valence-corrected chi connectivity index (χ2v) is 4.32. The first-order valence-corrected chi connectivity index (χ1v) is 5.83. The van der Waals surface area contributed by atoms with E-state index in [1.54, 1.807) is 24.4 Å². The molecule has 3 aromatic rings. The number of hydrogen-bond donors (Lipinski definition) is 1. The molecular weight excluding hydrogens is 242 g/mol. The summed E-state index contributed by atoms with van der Waals surface area (Å²) in [6.45, 7) is 1.81. The van der Waals surface area contributed by atoms with Gasteiger partial charge in [0.15, 0.2) is 5.43 Å². The lowest BCUT2D eigenvalue weighted by atomic mass is 10.0. The van der Waals surface area contributed by atoms with Crippen LogP contribution in [0.3, 0.4) is 0 Å². The van der Waals surface area contributed by atoms with Crippen molar-refractivity contribution >= 4 is 11.1 Å². The largest absolute Gasteiger partial charge is 0.508 e. The van der Waals surface area contributed by atoms with Crippen molar-refractivity contribution in [2.24, 2.45) is 0 Å². The molecule has 1 N–H and O–H groups in total. The van der Waals surface area contributed by atoms with Crippen molar-refractivity contribution in [2.75, 3.05) is 0 Å². The molecule has 0 fully saturated rings. The number of aromatic nitrogens is 1. The van der Waals surface area contributed by atoms with E-state index < -0.39 is 0 Å². The Morgan fingerprint density at radius 1 is 1.21 bits per heavy atom. The Kier molecular flexibility index (Phi) is 2.56. The molecule has 0 unspecified atom stereocenters. The van der Waals surface area contributed by atoms with Gasteiger partial charge in [0.05, 0.1) is 11.6 Å². The molecule has 0 saturated heterocycles. The van der Waals surface area contributed by atoms with Gasteiger partial charge in [0.2, 0.25) is 5.71 Å². The predicted octanol–water partition coefficient (Wildman–Crippen LogP) is 2.87. The zero-order valence-corrected chi connectivity index (χ0v) is 10.3. The van der Waals surface area contributed by atoms with Gasteiger partial charge in [-0.1, -0.05) is 6.07 Å². The third kappa shape index (κ3) is 1.87. The summed E-state index contributed by atoms with van der Waals surface area (Å²) in [4.78, 5) is 16.0. The van der Waals surface area contributed by atoms with Crippen molar-refractivity contribution < 1.29 is 9.52 Å². The molecule has 3 rings (SSSR count). The minimum absolute atomic E-state index is 0.130. The number of fused-ring (bicyclic) bond motifs is 1. The quantitative estimate of drug-likeness (QED) is 0.724. The van der Waals surface area contributed by atoms with E-state index >= 15 is 0 Å². The lowest BCUT2D eigenvalue weighted by molar-refractivity contribution is 0.471. The van der Waals surface area contributed by atoms with Gasteiger partial charge in [-0.3, -0.25) is 4.79 Å². The molecule has 0 aliphatic rings. The van der Waals surface area contributed by atoms with Crippen LogP contribution in [0.15, 0.2) is 52.0 Å². The van der Waals surface area contributed by atoms with E-state index in [0.29, 0.717) is 11.1 Å². The Bertz CT molecular complexity index is 816. The summed E-state index contributed by atoms with van der Waals surface area (Å²) >= 11 is 0. The van der Waals surface area contributed by atoms with Gasteiger partial charge in [-0.25, -0.2) is 4.98 Å². The minimum Gasteiger partial charge on any atom is -0.508 e. The summed E-state index contributed by atoms with van der Waals surface area (Å²) in [5.74, 6) is 0.231. The summed E-state index contributed by atoms with van der Waals surface area (Å²) in [6, 6.07) is 8.35. The van der Waals surface area contributed by atoms with Gasteiger partial charge < -0.3 is 9.52 Å². The van der Waals surface area contributed by atoms with Crippen molar-refractivity contribution in [1.29, 1.82) is 0 Å². The smallest absolute Gasteiger partial charge is 0.230 e. The molecule has 0 bridgehead atoms. The first kappa shape index (κ1) is 11.5. The Labute approximate surface area is 109 Å². The van der Waals surface area contributed by atoms with Crippen LogP contribution < -0.4 is 5.43 Å². The summed E-state index contributed by atoms with van der Waals surface area (Å²) in [7, 11) is 0. The summed E-state index contributed by atoms with van der Waals surface area (Å²) in [5, 5.41) is 10.0. The number of phenolic OH excluding ortho intramolecular Hbond substituents is 1. The highest BCUT2D eigenvalue weighted by Gasteiger charge is 2.10. The zero-order valence-electron chi connectivity index (χ0n) is 10.3. The summed E-state index contributed by atoms with van der Waals surface area (Å²) < 4.78 is 5.25. The molecule has 0 saturated carbocycles. The highest BCUT2D eigenvalue weighted by atomic mass is 16.3. The van der Waals surface area contributed by atoms with Crippen molar-refractivity contribution in [1.82, 2.24) is 4.98 Å². The standard InChI is InChI=1S/C15H11NO3/c1-9-8-10(2-3-12(9)17)11-4-6-16-15-14(11)13(18)5-7-19-15/h2-8,17H,1H3. The topological polar surface area (TPSA) is 63.3 Å². The lowest BCUT2D eigenvalue weighted by Crippen LogP contribution is -2.01. The monoisotopic (exact) mass is 253 g/mol. The lowest BCUT2D eigenvalue weighted by Gasteiger charge is -2.06. The summed E-state index contributed by atoms with van der Waals surface area (Å²) in [6.07, 6.45) is 2.94. The zero-order chi connectivity index (χ0) is 13.4. The highest BCUT2D eigenvalue weighted by Crippen LogP contribution is 2.28. The van der Waals surface area contributed by atoms with Crippen LogP contribution in [-0.4, -0.2) is 10.1 Å². The third-order valence-electron chi connectivity index (χ3n) is 3.07. The van der Waals surface area contributed by atoms with Crippen LogP contribution in [0.25, 0.3) is 22.2 Å². The average Bonchev–Trinajstić information content (AvgIpc) is 2.42. The van der Waals surface area contributed by atoms with E-state index in [1.807, 2.05) is 13.0 Å². The number of aryl methyl sites for hydroxylation is 1. The van der Waals surface area contributed by atoms with Crippen molar-refractivity contribution in [3.05, 3.63) is 58.6 Å². The van der Waals surface area contributed by atoms with Crippen LogP contribution in [0.2, 0.25) is 0 Å². The molecule has 0 aliphatic heterocycles. The van der Waals surface area contributed by atoms with Gasteiger partial charge in [-0.05, 0) is 41.8 Å². The second-order valence-electron chi connectivity index (χ2n) is 4.32. The van der Waals surface area contributed by atoms with Crippen molar-refractivity contribution in [3.8, 4) is 16.9 Å². The fraction of sp³-hybridized carbons (Fsp3) is 0.0667. The maximum Gasteiger partial charge on any atom is 0.230 e.